The van der Waals surface area contributed by atoms with Crippen LogP contribution in [0.5, 0.6) is 0 Å². The monoisotopic (exact) mass is 156 g/mol. The predicted octanol–water partition coefficient (Wildman–Crippen LogP) is 1.92. The SMILES string of the molecule is CC/C=C/OC(=O)/C(C)=C/O. The largest absolute Gasteiger partial charge is 0.515 e. The molecular weight excluding hydrogens is 144 g/mol. The lowest BCUT2D eigenvalue weighted by Gasteiger charge is -1.95. The Morgan fingerprint density at radius 2 is 2.27 bits per heavy atom. The van der Waals surface area contributed by atoms with Crippen molar-refractivity contribution in [2.45, 2.75) is 20.3 Å². The number of carbonyl (C=O) groups is 1. The number of esters is 1. The first kappa shape index (κ1) is 9.75. The average Bonchev–Trinajstić information content (AvgIpc) is 2.03. The molecule has 0 unspecified atom stereocenters. The maximum Gasteiger partial charge on any atom is 0.341 e. The number of aliphatic hydroxyl groups excluding tert-OH is 1. The number of carbonyl (C=O) groups excluding carboxylic acids is 1. The summed E-state index contributed by atoms with van der Waals surface area (Å²) in [4.78, 5) is 10.7. The Kier molecular flexibility index (Phi) is 4.90. The van der Waals surface area contributed by atoms with Crippen LogP contribution in [0.15, 0.2) is 24.2 Å². The highest BCUT2D eigenvalue weighted by Gasteiger charge is 2.01. The van der Waals surface area contributed by atoms with Gasteiger partial charge in [-0.2, -0.15) is 0 Å². The van der Waals surface area contributed by atoms with Gasteiger partial charge in [0.15, 0.2) is 0 Å². The number of allylic oxidation sites excluding steroid dienone is 1. The van der Waals surface area contributed by atoms with Crippen molar-refractivity contribution in [1.29, 1.82) is 0 Å². The third-order valence-corrected chi connectivity index (χ3v) is 1.02. The molecule has 0 bridgehead atoms. The molecule has 0 saturated heterocycles. The second kappa shape index (κ2) is 5.53. The molecule has 3 heteroatoms. The van der Waals surface area contributed by atoms with Gasteiger partial charge in [0.1, 0.15) is 0 Å². The minimum Gasteiger partial charge on any atom is -0.515 e. The second-order valence-electron chi connectivity index (χ2n) is 2.00. The Hall–Kier alpha value is -1.25. The molecule has 1 N–H and O–H groups in total. The van der Waals surface area contributed by atoms with Crippen LogP contribution < -0.4 is 0 Å². The molecule has 0 radical (unpaired) electrons. The Morgan fingerprint density at radius 1 is 1.64 bits per heavy atom. The molecule has 0 rings (SSSR count). The lowest BCUT2D eigenvalue weighted by Crippen LogP contribution is -2.00. The number of ether oxygens (including phenoxy) is 1. The molecule has 62 valence electrons. The van der Waals surface area contributed by atoms with Gasteiger partial charge >= 0.3 is 5.97 Å². The van der Waals surface area contributed by atoms with Crippen molar-refractivity contribution in [3.63, 3.8) is 0 Å². The fourth-order valence-corrected chi connectivity index (χ4v) is 0.352. The van der Waals surface area contributed by atoms with Gasteiger partial charge in [-0.3, -0.25) is 0 Å². The summed E-state index contributed by atoms with van der Waals surface area (Å²) in [5, 5.41) is 8.37. The van der Waals surface area contributed by atoms with Gasteiger partial charge < -0.3 is 9.84 Å². The van der Waals surface area contributed by atoms with Gasteiger partial charge in [-0.15, -0.1) is 0 Å². The highest BCUT2D eigenvalue weighted by Crippen LogP contribution is 1.95. The number of hydrogen-bond donors (Lipinski definition) is 1. The van der Waals surface area contributed by atoms with E-state index in [0.717, 1.165) is 12.7 Å². The maximum absolute atomic E-state index is 10.7. The lowest BCUT2D eigenvalue weighted by atomic mass is 10.3. The van der Waals surface area contributed by atoms with E-state index in [1.54, 1.807) is 6.08 Å². The van der Waals surface area contributed by atoms with E-state index in [1.807, 2.05) is 6.92 Å². The third kappa shape index (κ3) is 4.19. The number of aliphatic hydroxyl groups is 1. The molecular formula is C8H12O3. The predicted molar refractivity (Wildman–Crippen MR) is 41.9 cm³/mol. The topological polar surface area (TPSA) is 46.5 Å². The minimum atomic E-state index is -0.530. The molecule has 0 aliphatic rings. The van der Waals surface area contributed by atoms with Gasteiger partial charge in [-0.05, 0) is 19.4 Å². The van der Waals surface area contributed by atoms with Crippen LogP contribution in [0, 0.1) is 0 Å². The van der Waals surface area contributed by atoms with E-state index in [0.29, 0.717) is 0 Å². The van der Waals surface area contributed by atoms with E-state index in [1.165, 1.54) is 13.2 Å². The van der Waals surface area contributed by atoms with E-state index in [4.69, 9.17) is 5.11 Å². The van der Waals surface area contributed by atoms with E-state index in [2.05, 4.69) is 4.74 Å². The van der Waals surface area contributed by atoms with Crippen LogP contribution in [0.25, 0.3) is 0 Å². The van der Waals surface area contributed by atoms with Crippen LogP contribution in [0.1, 0.15) is 20.3 Å². The summed E-state index contributed by atoms with van der Waals surface area (Å²) in [5.74, 6) is -0.530. The smallest absolute Gasteiger partial charge is 0.341 e. The van der Waals surface area contributed by atoms with Crippen molar-refractivity contribution in [2.24, 2.45) is 0 Å². The molecule has 0 heterocycles. The zero-order chi connectivity index (χ0) is 8.69. The van der Waals surface area contributed by atoms with Crippen LogP contribution >= 0.6 is 0 Å². The Bertz CT molecular complexity index is 180. The molecule has 0 aliphatic carbocycles. The van der Waals surface area contributed by atoms with Crippen molar-refractivity contribution < 1.29 is 14.6 Å². The van der Waals surface area contributed by atoms with E-state index in [-0.39, 0.29) is 5.57 Å². The van der Waals surface area contributed by atoms with Gasteiger partial charge in [0.05, 0.1) is 18.1 Å². The van der Waals surface area contributed by atoms with Crippen molar-refractivity contribution >= 4 is 5.97 Å². The van der Waals surface area contributed by atoms with E-state index in [9.17, 15) is 4.79 Å². The van der Waals surface area contributed by atoms with Crippen molar-refractivity contribution in [1.82, 2.24) is 0 Å². The fourth-order valence-electron chi connectivity index (χ4n) is 0.352. The summed E-state index contributed by atoms with van der Waals surface area (Å²) in [6, 6.07) is 0. The van der Waals surface area contributed by atoms with Crippen LogP contribution in [0.4, 0.5) is 0 Å². The maximum atomic E-state index is 10.7. The first-order valence-electron chi connectivity index (χ1n) is 3.39. The van der Waals surface area contributed by atoms with E-state index < -0.39 is 5.97 Å². The number of rotatable bonds is 3. The summed E-state index contributed by atoms with van der Waals surface area (Å²) in [6.45, 7) is 3.40. The molecule has 3 nitrogen and oxygen atoms in total. The first-order chi connectivity index (χ1) is 5.22. The second-order valence-corrected chi connectivity index (χ2v) is 2.00. The van der Waals surface area contributed by atoms with Crippen molar-refractivity contribution in [3.8, 4) is 0 Å². The van der Waals surface area contributed by atoms with Crippen molar-refractivity contribution in [2.75, 3.05) is 0 Å². The standard InChI is InChI=1S/C8H12O3/c1-3-4-5-11-8(10)7(2)6-9/h4-6,9H,3H2,1-2H3/b5-4+,7-6+. The Morgan fingerprint density at radius 3 is 2.73 bits per heavy atom. The Labute approximate surface area is 66.0 Å². The molecule has 0 aromatic heterocycles. The summed E-state index contributed by atoms with van der Waals surface area (Å²) in [7, 11) is 0. The highest BCUT2D eigenvalue weighted by atomic mass is 16.5. The van der Waals surface area contributed by atoms with Crippen LogP contribution in [-0.4, -0.2) is 11.1 Å². The third-order valence-electron chi connectivity index (χ3n) is 1.02. The van der Waals surface area contributed by atoms with Gasteiger partial charge in [0, 0.05) is 0 Å². The molecule has 0 aliphatic heterocycles. The lowest BCUT2D eigenvalue weighted by molar-refractivity contribution is -0.133. The normalized spacial score (nSPS) is 12.0. The molecule has 0 amide bonds. The molecule has 11 heavy (non-hydrogen) atoms. The van der Waals surface area contributed by atoms with Gasteiger partial charge in [0.25, 0.3) is 0 Å². The van der Waals surface area contributed by atoms with Crippen molar-refractivity contribution in [3.05, 3.63) is 24.2 Å². The zero-order valence-electron chi connectivity index (χ0n) is 6.70. The van der Waals surface area contributed by atoms with Crippen LogP contribution in [0.3, 0.4) is 0 Å². The van der Waals surface area contributed by atoms with Gasteiger partial charge in [-0.1, -0.05) is 6.92 Å². The van der Waals surface area contributed by atoms with Gasteiger partial charge in [-0.25, -0.2) is 4.79 Å². The summed E-state index contributed by atoms with van der Waals surface area (Å²) in [6.07, 6.45) is 4.56. The van der Waals surface area contributed by atoms with E-state index >= 15 is 0 Å². The quantitative estimate of drug-likeness (QED) is 0.385. The van der Waals surface area contributed by atoms with Crippen LogP contribution in [-0.2, 0) is 9.53 Å². The molecule has 0 aromatic rings. The summed E-state index contributed by atoms with van der Waals surface area (Å²) in [5.41, 5.74) is 0.186. The zero-order valence-corrected chi connectivity index (χ0v) is 6.70. The molecule has 0 aromatic carbocycles. The first-order valence-corrected chi connectivity index (χ1v) is 3.39. The Balaban J connectivity index is 3.79. The van der Waals surface area contributed by atoms with Gasteiger partial charge in [0.2, 0.25) is 0 Å². The number of hydrogen-bond acceptors (Lipinski definition) is 3. The fraction of sp³-hybridized carbons (Fsp3) is 0.375. The molecule has 0 saturated carbocycles. The summed E-state index contributed by atoms with van der Waals surface area (Å²) >= 11 is 0. The minimum absolute atomic E-state index is 0.186. The van der Waals surface area contributed by atoms with Crippen LogP contribution in [0.2, 0.25) is 0 Å². The molecule has 0 spiro atoms. The molecule has 0 atom stereocenters. The highest BCUT2D eigenvalue weighted by molar-refractivity contribution is 5.87. The average molecular weight is 156 g/mol. The molecule has 0 fully saturated rings. The summed E-state index contributed by atoms with van der Waals surface area (Å²) < 4.78 is 4.59.